The lowest BCUT2D eigenvalue weighted by atomic mass is 10.1. The summed E-state index contributed by atoms with van der Waals surface area (Å²) in [4.78, 5) is 33.8. The molecule has 0 aromatic heterocycles. The molecule has 1 fully saturated rings. The lowest BCUT2D eigenvalue weighted by Crippen LogP contribution is -2.55. The highest BCUT2D eigenvalue weighted by molar-refractivity contribution is 5.89. The van der Waals surface area contributed by atoms with Crippen LogP contribution in [0.5, 0.6) is 0 Å². The molecule has 0 aliphatic carbocycles. The minimum Gasteiger partial charge on any atom is -0.480 e. The maximum atomic E-state index is 11.6. The Kier molecular flexibility index (Phi) is 5.41. The van der Waals surface area contributed by atoms with E-state index in [2.05, 4.69) is 16.0 Å². The van der Waals surface area contributed by atoms with Gasteiger partial charge in [-0.25, -0.2) is 9.59 Å². The van der Waals surface area contributed by atoms with Crippen molar-refractivity contribution in [3.63, 3.8) is 0 Å². The van der Waals surface area contributed by atoms with Gasteiger partial charge >= 0.3 is 12.0 Å². The molecule has 1 saturated heterocycles. The number of amides is 3. The molecule has 0 radical (unpaired) electrons. The van der Waals surface area contributed by atoms with Gasteiger partial charge in [-0.15, -0.1) is 0 Å². The van der Waals surface area contributed by atoms with E-state index in [4.69, 9.17) is 5.11 Å². The Labute approximate surface area is 105 Å². The number of urea groups is 1. The van der Waals surface area contributed by atoms with Crippen molar-refractivity contribution in [1.82, 2.24) is 16.0 Å². The standard InChI is InChI=1S/C11H19N3O4/c1-2-4-8(10(16)17)14-11(18)13-7-5-3-6-12-9(7)15/h7-8H,2-6H2,1H3,(H,12,15)(H,16,17)(H2,13,14,18)/t7?,8-/m1/s1. The van der Waals surface area contributed by atoms with Gasteiger partial charge in [0.2, 0.25) is 5.91 Å². The van der Waals surface area contributed by atoms with Gasteiger partial charge in [0.05, 0.1) is 0 Å². The molecule has 1 aliphatic rings. The summed E-state index contributed by atoms with van der Waals surface area (Å²) in [5, 5.41) is 16.4. The van der Waals surface area contributed by atoms with Crippen LogP contribution in [-0.2, 0) is 9.59 Å². The van der Waals surface area contributed by atoms with Crippen LogP contribution in [0.25, 0.3) is 0 Å². The number of hydrogen-bond donors (Lipinski definition) is 4. The Balaban J connectivity index is 2.44. The SMILES string of the molecule is CCC[C@@H](NC(=O)NC1CCCNC1=O)C(=O)O. The van der Waals surface area contributed by atoms with Crippen LogP contribution < -0.4 is 16.0 Å². The molecule has 7 heteroatoms. The second-order valence-electron chi connectivity index (χ2n) is 4.28. The van der Waals surface area contributed by atoms with Crippen molar-refractivity contribution in [3.8, 4) is 0 Å². The zero-order valence-corrected chi connectivity index (χ0v) is 10.4. The van der Waals surface area contributed by atoms with Crippen LogP contribution in [0.2, 0.25) is 0 Å². The highest BCUT2D eigenvalue weighted by Crippen LogP contribution is 2.03. The number of aliphatic carboxylic acids is 1. The first-order chi connectivity index (χ1) is 8.54. The van der Waals surface area contributed by atoms with Crippen molar-refractivity contribution in [1.29, 1.82) is 0 Å². The van der Waals surface area contributed by atoms with Crippen LogP contribution in [0.15, 0.2) is 0 Å². The fourth-order valence-electron chi connectivity index (χ4n) is 1.81. The maximum absolute atomic E-state index is 11.6. The molecular weight excluding hydrogens is 238 g/mol. The molecule has 7 nitrogen and oxygen atoms in total. The summed E-state index contributed by atoms with van der Waals surface area (Å²) in [6.45, 7) is 2.45. The monoisotopic (exact) mass is 257 g/mol. The average molecular weight is 257 g/mol. The maximum Gasteiger partial charge on any atom is 0.326 e. The molecule has 0 spiro atoms. The number of carbonyl (C=O) groups excluding carboxylic acids is 2. The normalized spacial score (nSPS) is 20.7. The third-order valence-corrected chi connectivity index (χ3v) is 2.77. The van der Waals surface area contributed by atoms with Crippen LogP contribution >= 0.6 is 0 Å². The Bertz CT molecular complexity index is 324. The summed E-state index contributed by atoms with van der Waals surface area (Å²) in [6.07, 6.45) is 2.39. The molecule has 102 valence electrons. The van der Waals surface area contributed by atoms with Crippen molar-refractivity contribution in [3.05, 3.63) is 0 Å². The number of nitrogens with one attached hydrogen (secondary N) is 3. The van der Waals surface area contributed by atoms with Gasteiger partial charge in [0.1, 0.15) is 12.1 Å². The van der Waals surface area contributed by atoms with Crippen LogP contribution in [0.3, 0.4) is 0 Å². The number of carbonyl (C=O) groups is 3. The first kappa shape index (κ1) is 14.3. The van der Waals surface area contributed by atoms with Crippen molar-refractivity contribution < 1.29 is 19.5 Å². The summed E-state index contributed by atoms with van der Waals surface area (Å²) < 4.78 is 0. The highest BCUT2D eigenvalue weighted by Gasteiger charge is 2.25. The zero-order chi connectivity index (χ0) is 13.5. The van der Waals surface area contributed by atoms with Crippen LogP contribution in [0.4, 0.5) is 4.79 Å². The molecular formula is C11H19N3O4. The number of carboxylic acids is 1. The second-order valence-corrected chi connectivity index (χ2v) is 4.28. The molecule has 0 saturated carbocycles. The fraction of sp³-hybridized carbons (Fsp3) is 0.727. The van der Waals surface area contributed by atoms with Gasteiger partial charge in [0, 0.05) is 6.54 Å². The fourth-order valence-corrected chi connectivity index (χ4v) is 1.81. The molecule has 0 aromatic rings. The molecule has 4 N–H and O–H groups in total. The summed E-state index contributed by atoms with van der Waals surface area (Å²) in [5.41, 5.74) is 0. The Morgan fingerprint density at radius 3 is 2.83 bits per heavy atom. The van der Waals surface area contributed by atoms with E-state index in [-0.39, 0.29) is 5.91 Å². The summed E-state index contributed by atoms with van der Waals surface area (Å²) in [6, 6.07) is -2.10. The van der Waals surface area contributed by atoms with Crippen LogP contribution in [-0.4, -0.2) is 41.6 Å². The second kappa shape index (κ2) is 6.83. The predicted molar refractivity (Wildman–Crippen MR) is 64.0 cm³/mol. The summed E-state index contributed by atoms with van der Waals surface area (Å²) in [5.74, 6) is -1.29. The largest absolute Gasteiger partial charge is 0.480 e. The molecule has 18 heavy (non-hydrogen) atoms. The smallest absolute Gasteiger partial charge is 0.326 e. The molecule has 0 bridgehead atoms. The van der Waals surface area contributed by atoms with E-state index in [0.717, 1.165) is 6.42 Å². The predicted octanol–water partition coefficient (Wildman–Crippen LogP) is -0.182. The minimum atomic E-state index is -1.07. The van der Waals surface area contributed by atoms with Crippen molar-refractivity contribution in [2.45, 2.75) is 44.7 Å². The van der Waals surface area contributed by atoms with E-state index in [1.807, 2.05) is 6.92 Å². The van der Waals surface area contributed by atoms with Crippen molar-refractivity contribution >= 4 is 17.9 Å². The molecule has 1 heterocycles. The van der Waals surface area contributed by atoms with Gasteiger partial charge in [-0.2, -0.15) is 0 Å². The number of rotatable bonds is 5. The lowest BCUT2D eigenvalue weighted by Gasteiger charge is -2.23. The molecule has 3 amide bonds. The molecule has 0 aromatic carbocycles. The van der Waals surface area contributed by atoms with Gasteiger partial charge in [-0.3, -0.25) is 4.79 Å². The third-order valence-electron chi connectivity index (χ3n) is 2.77. The Morgan fingerprint density at radius 1 is 1.56 bits per heavy atom. The van der Waals surface area contributed by atoms with E-state index in [0.29, 0.717) is 25.8 Å². The van der Waals surface area contributed by atoms with E-state index in [1.54, 1.807) is 0 Å². The first-order valence-electron chi connectivity index (χ1n) is 6.12. The van der Waals surface area contributed by atoms with E-state index < -0.39 is 24.1 Å². The number of hydrogen-bond acceptors (Lipinski definition) is 3. The minimum absolute atomic E-state index is 0.223. The molecule has 1 aliphatic heterocycles. The third kappa shape index (κ3) is 4.23. The topological polar surface area (TPSA) is 108 Å². The van der Waals surface area contributed by atoms with Crippen molar-refractivity contribution in [2.75, 3.05) is 6.54 Å². The Hall–Kier alpha value is -1.79. The number of piperidine rings is 1. The molecule has 1 unspecified atom stereocenters. The Morgan fingerprint density at radius 2 is 2.28 bits per heavy atom. The lowest BCUT2D eigenvalue weighted by molar-refractivity contribution is -0.139. The van der Waals surface area contributed by atoms with Crippen molar-refractivity contribution in [2.24, 2.45) is 0 Å². The highest BCUT2D eigenvalue weighted by atomic mass is 16.4. The van der Waals surface area contributed by atoms with Gasteiger partial charge in [-0.05, 0) is 19.3 Å². The van der Waals surface area contributed by atoms with Gasteiger partial charge in [0.15, 0.2) is 0 Å². The van der Waals surface area contributed by atoms with Gasteiger partial charge < -0.3 is 21.1 Å². The van der Waals surface area contributed by atoms with Crippen LogP contribution in [0.1, 0.15) is 32.6 Å². The molecule has 1 rings (SSSR count). The zero-order valence-electron chi connectivity index (χ0n) is 10.4. The quantitative estimate of drug-likeness (QED) is 0.548. The van der Waals surface area contributed by atoms with Crippen LogP contribution in [0, 0.1) is 0 Å². The first-order valence-corrected chi connectivity index (χ1v) is 6.12. The summed E-state index contributed by atoms with van der Waals surface area (Å²) in [7, 11) is 0. The van der Waals surface area contributed by atoms with E-state index in [1.165, 1.54) is 0 Å². The van der Waals surface area contributed by atoms with E-state index in [9.17, 15) is 14.4 Å². The van der Waals surface area contributed by atoms with E-state index >= 15 is 0 Å². The molecule has 2 atom stereocenters. The average Bonchev–Trinajstić information content (AvgIpc) is 2.31. The van der Waals surface area contributed by atoms with Gasteiger partial charge in [0.25, 0.3) is 0 Å². The number of carboxylic acid groups (broad SMARTS) is 1. The summed E-state index contributed by atoms with van der Waals surface area (Å²) >= 11 is 0. The van der Waals surface area contributed by atoms with Gasteiger partial charge in [-0.1, -0.05) is 13.3 Å².